The van der Waals surface area contributed by atoms with Crippen LogP contribution in [0.3, 0.4) is 0 Å². The molecule has 0 aliphatic carbocycles. The molecule has 0 amide bonds. The van der Waals surface area contributed by atoms with E-state index in [-0.39, 0.29) is 25.5 Å². The summed E-state index contributed by atoms with van der Waals surface area (Å²) < 4.78 is 6.57. The molecule has 0 aliphatic rings. The van der Waals surface area contributed by atoms with Gasteiger partial charge in [0, 0.05) is 59.8 Å². The van der Waals surface area contributed by atoms with Crippen LogP contribution in [0.5, 0.6) is 0 Å². The summed E-state index contributed by atoms with van der Waals surface area (Å²) >= 11 is 0. The fraction of sp³-hybridized carbons (Fsp3) is 0.128. The molecule has 257 valence electrons. The molecule has 4 heterocycles. The van der Waals surface area contributed by atoms with Gasteiger partial charge >= 0.3 is 0 Å². The molecule has 0 N–H and O–H groups in total. The Morgan fingerprint density at radius 3 is 2.15 bits per heavy atom. The minimum Gasteiger partial charge on any atom is -0.500 e. The van der Waals surface area contributed by atoms with Crippen molar-refractivity contribution < 1.29 is 24.5 Å². The average molecular weight is 852 g/mol. The van der Waals surface area contributed by atoms with Crippen LogP contribution in [-0.4, -0.2) is 15.0 Å². The first-order valence-corrected chi connectivity index (χ1v) is 17.3. The molecule has 4 nitrogen and oxygen atoms in total. The van der Waals surface area contributed by atoms with Crippen molar-refractivity contribution in [3.05, 3.63) is 163 Å². The van der Waals surface area contributed by atoms with Crippen molar-refractivity contribution in [3.63, 3.8) is 0 Å². The van der Waals surface area contributed by atoms with E-state index in [1.54, 1.807) is 6.20 Å². The monoisotopic (exact) mass is 852 g/mol. The van der Waals surface area contributed by atoms with Crippen LogP contribution in [0.25, 0.3) is 77.3 Å². The summed E-state index contributed by atoms with van der Waals surface area (Å²) in [6.07, 6.45) is 3.75. The SMILES string of the molecule is Cc1cnc(-c2[c-]ccc3c2oc2c4ccccc4ccc32)cc1-c1cc2ccc(C(C)(C)C)nc2cc1C.[Ir].[c-]1ccccc1-c1ccccn1. The van der Waals surface area contributed by atoms with Crippen LogP contribution in [-0.2, 0) is 25.5 Å². The molecule has 0 saturated heterocycles. The summed E-state index contributed by atoms with van der Waals surface area (Å²) in [6.45, 7) is 10.9. The summed E-state index contributed by atoms with van der Waals surface area (Å²) in [5.41, 5.74) is 12.3. The molecule has 0 saturated carbocycles. The van der Waals surface area contributed by atoms with Gasteiger partial charge in [-0.25, -0.2) is 0 Å². The molecule has 0 fully saturated rings. The maximum atomic E-state index is 6.57. The largest absolute Gasteiger partial charge is 0.500 e. The van der Waals surface area contributed by atoms with Crippen molar-refractivity contribution in [3.8, 4) is 33.6 Å². The Hall–Kier alpha value is -5.48. The number of fused-ring (bicyclic) bond motifs is 6. The van der Waals surface area contributed by atoms with Gasteiger partial charge in [-0.3, -0.25) is 4.98 Å². The van der Waals surface area contributed by atoms with Gasteiger partial charge < -0.3 is 14.4 Å². The molecule has 0 aliphatic heterocycles. The number of pyridine rings is 3. The zero-order valence-corrected chi connectivity index (χ0v) is 32.2. The van der Waals surface area contributed by atoms with Crippen LogP contribution in [0.15, 0.2) is 138 Å². The smallest absolute Gasteiger partial charge is 0.128 e. The summed E-state index contributed by atoms with van der Waals surface area (Å²) in [5.74, 6) is 0. The van der Waals surface area contributed by atoms with Gasteiger partial charge in [0.05, 0.1) is 11.1 Å². The first kappa shape index (κ1) is 34.9. The number of benzene rings is 5. The molecule has 9 aromatic rings. The van der Waals surface area contributed by atoms with Crippen LogP contribution < -0.4 is 0 Å². The number of rotatable bonds is 3. The van der Waals surface area contributed by atoms with E-state index in [0.29, 0.717) is 0 Å². The number of hydrogen-bond donors (Lipinski definition) is 0. The first-order valence-electron chi connectivity index (χ1n) is 17.3. The van der Waals surface area contributed by atoms with E-state index in [2.05, 4.69) is 125 Å². The van der Waals surface area contributed by atoms with Gasteiger partial charge in [0.1, 0.15) is 5.58 Å². The number of hydrogen-bond acceptors (Lipinski definition) is 4. The first-order chi connectivity index (χ1) is 24.7. The Bertz CT molecular complexity index is 2660. The van der Waals surface area contributed by atoms with Gasteiger partial charge in [0.25, 0.3) is 0 Å². The zero-order chi connectivity index (χ0) is 35.1. The van der Waals surface area contributed by atoms with Crippen LogP contribution in [0, 0.1) is 26.0 Å². The fourth-order valence-corrected chi connectivity index (χ4v) is 6.67. The summed E-state index contributed by atoms with van der Waals surface area (Å²) in [4.78, 5) is 14.0. The quantitative estimate of drug-likeness (QED) is 0.166. The molecule has 0 unspecified atom stereocenters. The van der Waals surface area contributed by atoms with Crippen LogP contribution in [0.4, 0.5) is 0 Å². The zero-order valence-electron chi connectivity index (χ0n) is 29.8. The van der Waals surface area contributed by atoms with Gasteiger partial charge in [0.2, 0.25) is 0 Å². The van der Waals surface area contributed by atoms with E-state index in [4.69, 9.17) is 14.4 Å². The van der Waals surface area contributed by atoms with Gasteiger partial charge in [-0.05, 0) is 77.1 Å². The van der Waals surface area contributed by atoms with Gasteiger partial charge in [0.15, 0.2) is 0 Å². The molecule has 52 heavy (non-hydrogen) atoms. The van der Waals surface area contributed by atoms with E-state index in [1.807, 2.05) is 54.7 Å². The molecule has 9 rings (SSSR count). The molecule has 5 heteroatoms. The van der Waals surface area contributed by atoms with Crippen LogP contribution in [0.1, 0.15) is 37.6 Å². The molecule has 5 aromatic carbocycles. The van der Waals surface area contributed by atoms with E-state index >= 15 is 0 Å². The second-order valence-corrected chi connectivity index (χ2v) is 14.0. The molecule has 0 atom stereocenters. The van der Waals surface area contributed by atoms with E-state index in [1.165, 1.54) is 16.5 Å². The Kier molecular flexibility index (Phi) is 9.59. The predicted octanol–water partition coefficient (Wildman–Crippen LogP) is 12.3. The number of aryl methyl sites for hydroxylation is 2. The number of aromatic nitrogens is 3. The van der Waals surface area contributed by atoms with Crippen molar-refractivity contribution in [2.24, 2.45) is 0 Å². The third kappa shape index (κ3) is 6.66. The average Bonchev–Trinajstić information content (AvgIpc) is 3.55. The van der Waals surface area contributed by atoms with E-state index < -0.39 is 0 Å². The second-order valence-electron chi connectivity index (χ2n) is 14.0. The van der Waals surface area contributed by atoms with Gasteiger partial charge in [-0.15, -0.1) is 54.1 Å². The minimum atomic E-state index is 0. The molecular formula is C47H37IrN3O-2. The third-order valence-electron chi connectivity index (χ3n) is 9.43. The van der Waals surface area contributed by atoms with Crippen molar-refractivity contribution >= 4 is 43.6 Å². The van der Waals surface area contributed by atoms with Crippen LogP contribution >= 0.6 is 0 Å². The van der Waals surface area contributed by atoms with E-state index in [0.717, 1.165) is 77.6 Å². The van der Waals surface area contributed by atoms with Crippen LogP contribution in [0.2, 0.25) is 0 Å². The van der Waals surface area contributed by atoms with E-state index in [9.17, 15) is 0 Å². The van der Waals surface area contributed by atoms with Crippen molar-refractivity contribution in [1.82, 2.24) is 15.0 Å². The third-order valence-corrected chi connectivity index (χ3v) is 9.43. The molecule has 4 aromatic heterocycles. The summed E-state index contributed by atoms with van der Waals surface area (Å²) in [7, 11) is 0. The Balaban J connectivity index is 0.000000275. The maximum Gasteiger partial charge on any atom is 0.128 e. The Labute approximate surface area is 318 Å². The fourth-order valence-electron chi connectivity index (χ4n) is 6.67. The van der Waals surface area contributed by atoms with Crippen molar-refractivity contribution in [2.45, 2.75) is 40.0 Å². The molecular weight excluding hydrogens is 815 g/mol. The topological polar surface area (TPSA) is 51.8 Å². The minimum absolute atomic E-state index is 0. The number of nitrogens with zero attached hydrogens (tertiary/aromatic N) is 3. The molecule has 0 bridgehead atoms. The van der Waals surface area contributed by atoms with Gasteiger partial charge in [-0.2, -0.15) is 0 Å². The van der Waals surface area contributed by atoms with Gasteiger partial charge in [-0.1, -0.05) is 92.4 Å². The molecule has 0 spiro atoms. The molecule has 1 radical (unpaired) electrons. The predicted molar refractivity (Wildman–Crippen MR) is 211 cm³/mol. The summed E-state index contributed by atoms with van der Waals surface area (Å²) in [5, 5.41) is 5.61. The number of furan rings is 1. The normalized spacial score (nSPS) is 11.4. The Morgan fingerprint density at radius 1 is 0.596 bits per heavy atom. The standard InChI is InChI=1S/C36H29N2O.C11H8N.Ir/c1-21-17-31-24(14-16-33(38-31)36(3,4)5)18-29(21)30-19-32(37-20-22(30)2)28-12-8-11-26-27-15-13-23-9-6-7-10-25(23)34(27)39-35(26)28;1-2-6-10(7-3-1)11-8-4-5-9-12-11;/h6-11,13-20H,1-5H3;1-6,8-9H;/q2*-1;. The Morgan fingerprint density at radius 2 is 1.37 bits per heavy atom. The second kappa shape index (κ2) is 14.3. The summed E-state index contributed by atoms with van der Waals surface area (Å²) in [6, 6.07) is 48.0. The maximum absolute atomic E-state index is 6.57. The van der Waals surface area contributed by atoms with Crippen molar-refractivity contribution in [1.29, 1.82) is 0 Å². The van der Waals surface area contributed by atoms with Crippen molar-refractivity contribution in [2.75, 3.05) is 0 Å².